The summed E-state index contributed by atoms with van der Waals surface area (Å²) in [7, 11) is 1.69. The van der Waals surface area contributed by atoms with E-state index in [2.05, 4.69) is 31.2 Å². The van der Waals surface area contributed by atoms with Gasteiger partial charge >= 0.3 is 0 Å². The summed E-state index contributed by atoms with van der Waals surface area (Å²) in [4.78, 5) is 0. The maximum Gasteiger partial charge on any atom is 0.119 e. The second kappa shape index (κ2) is 10.9. The van der Waals surface area contributed by atoms with E-state index in [9.17, 15) is 0 Å². The predicted molar refractivity (Wildman–Crippen MR) is 90.7 cm³/mol. The molecule has 1 aromatic rings. The fourth-order valence-corrected chi connectivity index (χ4v) is 1.83. The minimum atomic E-state index is 0.629. The van der Waals surface area contributed by atoms with Crippen LogP contribution in [0.15, 0.2) is 54.6 Å². The summed E-state index contributed by atoms with van der Waals surface area (Å²) >= 11 is 0. The summed E-state index contributed by atoms with van der Waals surface area (Å²) in [6.45, 7) is 5.60. The van der Waals surface area contributed by atoms with Crippen molar-refractivity contribution in [2.75, 3.05) is 20.3 Å². The van der Waals surface area contributed by atoms with E-state index in [0.717, 1.165) is 25.2 Å². The molecule has 1 aromatic carbocycles. The first kappa shape index (κ1) is 17.3. The molecule has 0 atom stereocenters. The van der Waals surface area contributed by atoms with Gasteiger partial charge in [0, 0.05) is 7.11 Å². The standard InChI is InChI=1S/C19H26O2/c1-4-6-16-21-19-13-11-18(12-14-19)17(9-5-2)10-7-8-15-20-3/h5,7-14H,4,6,15-16H2,1-3H3/b8-7+,9-5-,17-10+. The quantitative estimate of drug-likeness (QED) is 0.468. The maximum absolute atomic E-state index is 5.69. The summed E-state index contributed by atoms with van der Waals surface area (Å²) in [6.07, 6.45) is 12.5. The van der Waals surface area contributed by atoms with Gasteiger partial charge in [0.1, 0.15) is 5.75 Å². The van der Waals surface area contributed by atoms with Crippen LogP contribution in [0.4, 0.5) is 0 Å². The van der Waals surface area contributed by atoms with Crippen LogP contribution in [0, 0.1) is 0 Å². The summed E-state index contributed by atoms with van der Waals surface area (Å²) in [5.41, 5.74) is 2.35. The first-order valence-corrected chi connectivity index (χ1v) is 7.53. The molecule has 0 spiro atoms. The fourth-order valence-electron chi connectivity index (χ4n) is 1.83. The van der Waals surface area contributed by atoms with E-state index in [-0.39, 0.29) is 0 Å². The summed E-state index contributed by atoms with van der Waals surface area (Å²) in [5.74, 6) is 0.932. The zero-order valence-electron chi connectivity index (χ0n) is 13.3. The van der Waals surface area contributed by atoms with Crippen molar-refractivity contribution in [3.8, 4) is 5.75 Å². The van der Waals surface area contributed by atoms with Crippen LogP contribution in [0.2, 0.25) is 0 Å². The minimum Gasteiger partial charge on any atom is -0.494 e. The highest BCUT2D eigenvalue weighted by atomic mass is 16.5. The van der Waals surface area contributed by atoms with Gasteiger partial charge in [-0.05, 0) is 36.6 Å². The highest BCUT2D eigenvalue weighted by Crippen LogP contribution is 2.20. The average molecular weight is 286 g/mol. The maximum atomic E-state index is 5.69. The van der Waals surface area contributed by atoms with Crippen LogP contribution >= 0.6 is 0 Å². The van der Waals surface area contributed by atoms with Gasteiger partial charge in [0.2, 0.25) is 0 Å². The van der Waals surface area contributed by atoms with Gasteiger partial charge in [-0.25, -0.2) is 0 Å². The Bertz CT molecular complexity index is 467. The molecule has 0 aromatic heterocycles. The summed E-state index contributed by atoms with van der Waals surface area (Å²) in [5, 5.41) is 0. The molecular weight excluding hydrogens is 260 g/mol. The van der Waals surface area contributed by atoms with Gasteiger partial charge in [-0.3, -0.25) is 0 Å². The number of hydrogen-bond acceptors (Lipinski definition) is 2. The number of benzene rings is 1. The molecular formula is C19H26O2. The monoisotopic (exact) mass is 286 g/mol. The van der Waals surface area contributed by atoms with Gasteiger partial charge in [0.15, 0.2) is 0 Å². The third-order valence-corrected chi connectivity index (χ3v) is 2.98. The summed E-state index contributed by atoms with van der Waals surface area (Å²) < 4.78 is 10.7. The lowest BCUT2D eigenvalue weighted by Crippen LogP contribution is -1.96. The Balaban J connectivity index is 2.75. The molecule has 1 rings (SSSR count). The largest absolute Gasteiger partial charge is 0.494 e. The molecule has 0 amide bonds. The van der Waals surface area contributed by atoms with Crippen LogP contribution in [0.5, 0.6) is 5.75 Å². The Hall–Kier alpha value is -1.80. The zero-order valence-corrected chi connectivity index (χ0v) is 13.3. The Morgan fingerprint density at radius 2 is 1.95 bits per heavy atom. The van der Waals surface area contributed by atoms with Gasteiger partial charge in [0.25, 0.3) is 0 Å². The third kappa shape index (κ3) is 6.96. The molecule has 0 aliphatic rings. The minimum absolute atomic E-state index is 0.629. The third-order valence-electron chi connectivity index (χ3n) is 2.98. The van der Waals surface area contributed by atoms with Gasteiger partial charge in [0.05, 0.1) is 13.2 Å². The molecule has 0 N–H and O–H groups in total. The van der Waals surface area contributed by atoms with E-state index in [1.54, 1.807) is 7.11 Å². The molecule has 0 heterocycles. The molecule has 2 nitrogen and oxygen atoms in total. The summed E-state index contributed by atoms with van der Waals surface area (Å²) in [6, 6.07) is 8.25. The molecule has 0 saturated heterocycles. The topological polar surface area (TPSA) is 18.5 Å². The van der Waals surface area contributed by atoms with Crippen LogP contribution in [0.3, 0.4) is 0 Å². The van der Waals surface area contributed by atoms with Crippen LogP contribution in [-0.2, 0) is 4.74 Å². The van der Waals surface area contributed by atoms with E-state index in [0.29, 0.717) is 6.61 Å². The fraction of sp³-hybridized carbons (Fsp3) is 0.368. The van der Waals surface area contributed by atoms with Gasteiger partial charge in [-0.15, -0.1) is 0 Å². The van der Waals surface area contributed by atoms with Crippen molar-refractivity contribution in [2.24, 2.45) is 0 Å². The van der Waals surface area contributed by atoms with Gasteiger partial charge in [-0.2, -0.15) is 0 Å². The first-order valence-electron chi connectivity index (χ1n) is 7.53. The average Bonchev–Trinajstić information content (AvgIpc) is 2.51. The lowest BCUT2D eigenvalue weighted by molar-refractivity contribution is 0.234. The van der Waals surface area contributed by atoms with Crippen LogP contribution in [-0.4, -0.2) is 20.3 Å². The first-order chi connectivity index (χ1) is 10.3. The Morgan fingerprint density at radius 3 is 2.57 bits per heavy atom. The van der Waals surface area contributed by atoms with E-state index in [4.69, 9.17) is 9.47 Å². The molecule has 0 aliphatic heterocycles. The Labute approximate surface area is 128 Å². The van der Waals surface area contributed by atoms with Crippen molar-refractivity contribution in [3.63, 3.8) is 0 Å². The molecule has 0 radical (unpaired) electrons. The zero-order chi connectivity index (χ0) is 15.3. The van der Waals surface area contributed by atoms with Crippen LogP contribution in [0.25, 0.3) is 5.57 Å². The molecule has 0 fully saturated rings. The van der Waals surface area contributed by atoms with E-state index < -0.39 is 0 Å². The Morgan fingerprint density at radius 1 is 1.19 bits per heavy atom. The second-order valence-corrected chi connectivity index (χ2v) is 4.73. The number of ether oxygens (including phenoxy) is 2. The number of hydrogen-bond donors (Lipinski definition) is 0. The van der Waals surface area contributed by atoms with E-state index in [1.165, 1.54) is 11.1 Å². The SMILES string of the molecule is C\C=C/C(=C\C=C\COC)c1ccc(OCCCC)cc1. The lowest BCUT2D eigenvalue weighted by atomic mass is 10.0. The van der Waals surface area contributed by atoms with Crippen LogP contribution < -0.4 is 4.74 Å². The molecule has 0 bridgehead atoms. The number of methoxy groups -OCH3 is 1. The number of unbranched alkanes of at least 4 members (excludes halogenated alkanes) is 1. The normalized spacial score (nSPS) is 12.4. The smallest absolute Gasteiger partial charge is 0.119 e. The highest BCUT2D eigenvalue weighted by molar-refractivity contribution is 5.75. The van der Waals surface area contributed by atoms with E-state index in [1.807, 2.05) is 37.3 Å². The van der Waals surface area contributed by atoms with Crippen molar-refractivity contribution >= 4 is 5.57 Å². The van der Waals surface area contributed by atoms with Crippen LogP contribution in [0.1, 0.15) is 32.3 Å². The highest BCUT2D eigenvalue weighted by Gasteiger charge is 1.98. The van der Waals surface area contributed by atoms with Crippen molar-refractivity contribution in [3.05, 3.63) is 60.2 Å². The van der Waals surface area contributed by atoms with Crippen molar-refractivity contribution in [1.82, 2.24) is 0 Å². The van der Waals surface area contributed by atoms with E-state index >= 15 is 0 Å². The molecule has 114 valence electrons. The molecule has 0 saturated carbocycles. The lowest BCUT2D eigenvalue weighted by Gasteiger charge is -2.07. The molecule has 0 unspecified atom stereocenters. The Kier molecular flexibility index (Phi) is 8.98. The van der Waals surface area contributed by atoms with Crippen molar-refractivity contribution in [2.45, 2.75) is 26.7 Å². The molecule has 21 heavy (non-hydrogen) atoms. The molecule has 0 aliphatic carbocycles. The van der Waals surface area contributed by atoms with Gasteiger partial charge < -0.3 is 9.47 Å². The van der Waals surface area contributed by atoms with Crippen molar-refractivity contribution in [1.29, 1.82) is 0 Å². The van der Waals surface area contributed by atoms with Crippen molar-refractivity contribution < 1.29 is 9.47 Å². The molecule has 2 heteroatoms. The number of rotatable bonds is 9. The van der Waals surface area contributed by atoms with Gasteiger partial charge in [-0.1, -0.05) is 55.9 Å². The predicted octanol–water partition coefficient (Wildman–Crippen LogP) is 5.03. The number of allylic oxidation sites excluding steroid dienone is 5. The second-order valence-electron chi connectivity index (χ2n) is 4.73.